The fourth-order valence-corrected chi connectivity index (χ4v) is 3.44. The topological polar surface area (TPSA) is 63.9 Å². The Labute approximate surface area is 146 Å². The van der Waals surface area contributed by atoms with Gasteiger partial charge < -0.3 is 4.90 Å². The number of nitrogens with zero attached hydrogens (tertiary/aromatic N) is 5. The highest BCUT2D eigenvalue weighted by Crippen LogP contribution is 2.29. The summed E-state index contributed by atoms with van der Waals surface area (Å²) >= 11 is 0. The Morgan fingerprint density at radius 3 is 2.40 bits per heavy atom. The minimum Gasteiger partial charge on any atom is -0.339 e. The van der Waals surface area contributed by atoms with Crippen molar-refractivity contribution in [2.75, 3.05) is 13.1 Å². The van der Waals surface area contributed by atoms with Crippen molar-refractivity contribution < 1.29 is 4.79 Å². The second-order valence-corrected chi connectivity index (χ2v) is 6.25. The lowest BCUT2D eigenvalue weighted by Crippen LogP contribution is -2.38. The van der Waals surface area contributed by atoms with Gasteiger partial charge in [0, 0.05) is 13.1 Å². The van der Waals surface area contributed by atoms with Gasteiger partial charge in [-0.25, -0.2) is 0 Å². The minimum absolute atomic E-state index is 0.0395. The predicted molar refractivity (Wildman–Crippen MR) is 93.5 cm³/mol. The summed E-state index contributed by atoms with van der Waals surface area (Å²) in [7, 11) is 0. The molecule has 0 saturated carbocycles. The van der Waals surface area contributed by atoms with E-state index >= 15 is 0 Å². The number of carbonyl (C=O) groups excluding carboxylic acids is 1. The molecule has 2 aromatic carbocycles. The van der Waals surface area contributed by atoms with E-state index in [0.717, 1.165) is 25.9 Å². The molecule has 0 spiro atoms. The Kier molecular flexibility index (Phi) is 4.24. The first kappa shape index (κ1) is 15.5. The van der Waals surface area contributed by atoms with Gasteiger partial charge in [-0.15, -0.1) is 5.10 Å². The molecule has 3 aromatic rings. The van der Waals surface area contributed by atoms with Gasteiger partial charge in [0.05, 0.1) is 11.3 Å². The lowest BCUT2D eigenvalue weighted by Gasteiger charge is -2.32. The molecule has 6 heteroatoms. The minimum atomic E-state index is 0.0395. The third-order valence-electron chi connectivity index (χ3n) is 4.78. The van der Waals surface area contributed by atoms with Gasteiger partial charge in [-0.3, -0.25) is 4.79 Å². The van der Waals surface area contributed by atoms with Crippen LogP contribution in [0.1, 0.15) is 34.7 Å². The van der Waals surface area contributed by atoms with E-state index in [1.54, 1.807) is 0 Å². The van der Waals surface area contributed by atoms with Crippen LogP contribution in [-0.2, 0) is 0 Å². The fourth-order valence-electron chi connectivity index (χ4n) is 3.44. The summed E-state index contributed by atoms with van der Waals surface area (Å²) in [4.78, 5) is 14.9. The van der Waals surface area contributed by atoms with E-state index in [2.05, 4.69) is 39.8 Å². The van der Waals surface area contributed by atoms with Crippen molar-refractivity contribution in [3.8, 4) is 5.69 Å². The molecular weight excluding hydrogens is 314 g/mol. The fraction of sp³-hybridized carbons (Fsp3) is 0.263. The molecule has 1 aromatic heterocycles. The van der Waals surface area contributed by atoms with Crippen LogP contribution in [0.15, 0.2) is 60.9 Å². The molecule has 0 unspecified atom stereocenters. The molecule has 0 bridgehead atoms. The van der Waals surface area contributed by atoms with E-state index in [1.807, 2.05) is 35.2 Å². The summed E-state index contributed by atoms with van der Waals surface area (Å²) < 4.78 is 1.53. The van der Waals surface area contributed by atoms with Crippen LogP contribution in [0.25, 0.3) is 5.69 Å². The largest absolute Gasteiger partial charge is 0.339 e. The van der Waals surface area contributed by atoms with Crippen LogP contribution in [0.4, 0.5) is 0 Å². The van der Waals surface area contributed by atoms with Crippen LogP contribution in [0.5, 0.6) is 0 Å². The smallest absolute Gasteiger partial charge is 0.256 e. The van der Waals surface area contributed by atoms with Crippen molar-refractivity contribution in [3.63, 3.8) is 0 Å². The van der Waals surface area contributed by atoms with E-state index < -0.39 is 0 Å². The zero-order chi connectivity index (χ0) is 17.1. The highest BCUT2D eigenvalue weighted by atomic mass is 16.2. The van der Waals surface area contributed by atoms with Gasteiger partial charge >= 0.3 is 0 Å². The number of piperidine rings is 1. The van der Waals surface area contributed by atoms with Crippen molar-refractivity contribution >= 4 is 5.91 Å². The standard InChI is InChI=1S/C19H19N5O/c25-19(17-8-4-5-9-18(17)24-14-20-21-22-24)23-12-10-16(11-13-23)15-6-2-1-3-7-15/h1-9,14,16H,10-13H2. The Morgan fingerprint density at radius 1 is 0.960 bits per heavy atom. The van der Waals surface area contributed by atoms with Crippen LogP contribution in [0.2, 0.25) is 0 Å². The van der Waals surface area contributed by atoms with Gasteiger partial charge in [0.15, 0.2) is 0 Å². The van der Waals surface area contributed by atoms with E-state index in [4.69, 9.17) is 0 Å². The number of tetrazole rings is 1. The number of rotatable bonds is 3. The normalized spacial score (nSPS) is 15.3. The maximum Gasteiger partial charge on any atom is 0.256 e. The maximum absolute atomic E-state index is 13.0. The van der Waals surface area contributed by atoms with Gasteiger partial charge in [0.25, 0.3) is 5.91 Å². The van der Waals surface area contributed by atoms with Crippen molar-refractivity contribution in [1.82, 2.24) is 25.1 Å². The summed E-state index contributed by atoms with van der Waals surface area (Å²) in [6, 6.07) is 18.0. The van der Waals surface area contributed by atoms with Crippen molar-refractivity contribution in [1.29, 1.82) is 0 Å². The number of para-hydroxylation sites is 1. The number of amides is 1. The summed E-state index contributed by atoms with van der Waals surface area (Å²) in [5.74, 6) is 0.567. The molecular formula is C19H19N5O. The van der Waals surface area contributed by atoms with E-state index in [1.165, 1.54) is 16.6 Å². The quantitative estimate of drug-likeness (QED) is 0.739. The molecule has 1 saturated heterocycles. The summed E-state index contributed by atoms with van der Waals surface area (Å²) in [5.41, 5.74) is 2.71. The van der Waals surface area contributed by atoms with Crippen LogP contribution in [0.3, 0.4) is 0 Å². The molecule has 1 aliphatic rings. The Morgan fingerprint density at radius 2 is 1.68 bits per heavy atom. The van der Waals surface area contributed by atoms with E-state index in [9.17, 15) is 4.79 Å². The lowest BCUT2D eigenvalue weighted by molar-refractivity contribution is 0.0713. The summed E-state index contributed by atoms with van der Waals surface area (Å²) in [6.07, 6.45) is 3.49. The number of likely N-dealkylation sites (tertiary alicyclic amines) is 1. The molecule has 6 nitrogen and oxygen atoms in total. The third kappa shape index (κ3) is 3.15. The van der Waals surface area contributed by atoms with Crippen LogP contribution < -0.4 is 0 Å². The van der Waals surface area contributed by atoms with Crippen molar-refractivity contribution in [2.24, 2.45) is 0 Å². The van der Waals surface area contributed by atoms with Crippen LogP contribution >= 0.6 is 0 Å². The zero-order valence-electron chi connectivity index (χ0n) is 13.8. The first-order valence-corrected chi connectivity index (χ1v) is 8.49. The highest BCUT2D eigenvalue weighted by Gasteiger charge is 2.26. The molecule has 0 N–H and O–H groups in total. The average Bonchev–Trinajstić information content (AvgIpc) is 3.23. The molecule has 4 rings (SSSR count). The molecule has 25 heavy (non-hydrogen) atoms. The molecule has 126 valence electrons. The average molecular weight is 333 g/mol. The lowest BCUT2D eigenvalue weighted by atomic mass is 9.89. The second-order valence-electron chi connectivity index (χ2n) is 6.25. The number of hydrogen-bond donors (Lipinski definition) is 0. The summed E-state index contributed by atoms with van der Waals surface area (Å²) in [5, 5.41) is 11.2. The predicted octanol–water partition coefficient (Wildman–Crippen LogP) is 2.68. The Balaban J connectivity index is 1.50. The van der Waals surface area contributed by atoms with Gasteiger partial charge in [0.2, 0.25) is 0 Å². The molecule has 1 fully saturated rings. The third-order valence-corrected chi connectivity index (χ3v) is 4.78. The SMILES string of the molecule is O=C(c1ccccc1-n1cnnn1)N1CCC(c2ccccc2)CC1. The second kappa shape index (κ2) is 6.84. The van der Waals surface area contributed by atoms with Gasteiger partial charge in [-0.1, -0.05) is 42.5 Å². The molecule has 1 aliphatic heterocycles. The molecule has 0 radical (unpaired) electrons. The molecule has 0 atom stereocenters. The van der Waals surface area contributed by atoms with E-state index in [-0.39, 0.29) is 5.91 Å². The van der Waals surface area contributed by atoms with Gasteiger partial charge in [-0.2, -0.15) is 4.68 Å². The first-order valence-electron chi connectivity index (χ1n) is 8.49. The van der Waals surface area contributed by atoms with Crippen LogP contribution in [-0.4, -0.2) is 44.1 Å². The highest BCUT2D eigenvalue weighted by molar-refractivity contribution is 5.97. The monoisotopic (exact) mass is 333 g/mol. The van der Waals surface area contributed by atoms with Gasteiger partial charge in [0.1, 0.15) is 6.33 Å². The Bertz CT molecular complexity index is 839. The summed E-state index contributed by atoms with van der Waals surface area (Å²) in [6.45, 7) is 1.53. The molecule has 2 heterocycles. The van der Waals surface area contributed by atoms with Gasteiger partial charge in [-0.05, 0) is 46.9 Å². The Hall–Kier alpha value is -3.02. The molecule has 1 amide bonds. The van der Waals surface area contributed by atoms with Crippen molar-refractivity contribution in [3.05, 3.63) is 72.1 Å². The zero-order valence-corrected chi connectivity index (χ0v) is 13.8. The molecule has 0 aliphatic carbocycles. The van der Waals surface area contributed by atoms with Crippen molar-refractivity contribution in [2.45, 2.75) is 18.8 Å². The number of carbonyl (C=O) groups is 1. The number of aromatic nitrogens is 4. The van der Waals surface area contributed by atoms with Crippen LogP contribution in [0, 0.1) is 0 Å². The number of benzene rings is 2. The first-order chi connectivity index (χ1) is 12.3. The van der Waals surface area contributed by atoms with E-state index in [0.29, 0.717) is 17.2 Å². The number of hydrogen-bond acceptors (Lipinski definition) is 4. The maximum atomic E-state index is 13.0.